The van der Waals surface area contributed by atoms with Gasteiger partial charge in [0.1, 0.15) is 0 Å². The minimum atomic E-state index is 1.07. The summed E-state index contributed by atoms with van der Waals surface area (Å²) in [5, 5.41) is 2.59. The van der Waals surface area contributed by atoms with Gasteiger partial charge >= 0.3 is 0 Å². The van der Waals surface area contributed by atoms with Gasteiger partial charge in [0.05, 0.1) is 5.69 Å². The third kappa shape index (κ3) is 2.89. The highest BCUT2D eigenvalue weighted by molar-refractivity contribution is 5.96. The van der Waals surface area contributed by atoms with Gasteiger partial charge in [0.2, 0.25) is 0 Å². The van der Waals surface area contributed by atoms with E-state index in [1.807, 2.05) is 0 Å². The maximum absolute atomic E-state index is 5.04. The Kier molecular flexibility index (Phi) is 4.53. The van der Waals surface area contributed by atoms with Crippen LogP contribution in [0.15, 0.2) is 54.6 Å². The lowest BCUT2D eigenvalue weighted by molar-refractivity contribution is 0.706. The Morgan fingerprint density at radius 2 is 1.50 bits per heavy atom. The smallest absolute Gasteiger partial charge is 0.0783 e. The van der Waals surface area contributed by atoms with Gasteiger partial charge in [-0.1, -0.05) is 74.4 Å². The van der Waals surface area contributed by atoms with E-state index < -0.39 is 0 Å². The summed E-state index contributed by atoms with van der Waals surface area (Å²) in [7, 11) is 0. The van der Waals surface area contributed by atoms with Gasteiger partial charge in [0, 0.05) is 16.6 Å². The molecule has 2 aromatic carbocycles. The second-order valence-corrected chi connectivity index (χ2v) is 5.90. The Balaban J connectivity index is 2.15. The van der Waals surface area contributed by atoms with Crippen LogP contribution < -0.4 is 0 Å². The van der Waals surface area contributed by atoms with E-state index in [2.05, 4.69) is 68.4 Å². The minimum Gasteiger partial charge on any atom is -0.252 e. The fourth-order valence-electron chi connectivity index (χ4n) is 3.05. The number of aromatic nitrogens is 1. The molecule has 0 saturated heterocycles. The number of aryl methyl sites for hydroxylation is 2. The molecule has 1 heteroatoms. The van der Waals surface area contributed by atoms with Gasteiger partial charge in [0.25, 0.3) is 0 Å². The number of hydrogen-bond acceptors (Lipinski definition) is 1. The number of hydrogen-bond donors (Lipinski definition) is 0. The Morgan fingerprint density at radius 3 is 2.23 bits per heavy atom. The molecule has 112 valence electrons. The third-order valence-corrected chi connectivity index (χ3v) is 4.33. The standard InChI is InChI=1S/C21H23N/c1-3-4-6-15-20-16(2)18-13-9-10-14-19(18)21(22-20)17-11-7-5-8-12-17/h5,7-14H,3-4,6,15H2,1-2H3. The molecule has 0 unspecified atom stereocenters. The van der Waals surface area contributed by atoms with Crippen molar-refractivity contribution in [1.29, 1.82) is 0 Å². The molecule has 0 saturated carbocycles. The maximum atomic E-state index is 5.04. The number of fused-ring (bicyclic) bond motifs is 1. The molecule has 0 bridgehead atoms. The summed E-state index contributed by atoms with van der Waals surface area (Å²) in [4.78, 5) is 5.04. The number of pyridine rings is 1. The van der Waals surface area contributed by atoms with E-state index in [9.17, 15) is 0 Å². The zero-order valence-electron chi connectivity index (χ0n) is 13.5. The fourth-order valence-corrected chi connectivity index (χ4v) is 3.05. The van der Waals surface area contributed by atoms with Crippen LogP contribution in [0.25, 0.3) is 22.0 Å². The molecule has 0 atom stereocenters. The van der Waals surface area contributed by atoms with Gasteiger partial charge in [-0.05, 0) is 30.7 Å². The predicted molar refractivity (Wildman–Crippen MR) is 95.1 cm³/mol. The molecule has 1 aromatic heterocycles. The topological polar surface area (TPSA) is 12.9 Å². The Bertz CT molecular complexity index is 759. The molecule has 0 aliphatic heterocycles. The molecule has 0 amide bonds. The van der Waals surface area contributed by atoms with Crippen LogP contribution >= 0.6 is 0 Å². The van der Waals surface area contributed by atoms with E-state index in [1.165, 1.54) is 46.9 Å². The van der Waals surface area contributed by atoms with Crippen molar-refractivity contribution < 1.29 is 0 Å². The Morgan fingerprint density at radius 1 is 0.818 bits per heavy atom. The van der Waals surface area contributed by atoms with Crippen LogP contribution in [0.2, 0.25) is 0 Å². The number of rotatable bonds is 5. The molecule has 0 radical (unpaired) electrons. The highest BCUT2D eigenvalue weighted by Crippen LogP contribution is 2.30. The van der Waals surface area contributed by atoms with E-state index in [1.54, 1.807) is 0 Å². The second kappa shape index (κ2) is 6.74. The lowest BCUT2D eigenvalue weighted by Gasteiger charge is -2.13. The zero-order valence-corrected chi connectivity index (χ0v) is 13.5. The fraction of sp³-hybridized carbons (Fsp3) is 0.286. The maximum Gasteiger partial charge on any atom is 0.0783 e. The van der Waals surface area contributed by atoms with Crippen molar-refractivity contribution in [3.63, 3.8) is 0 Å². The van der Waals surface area contributed by atoms with Crippen LogP contribution in [0, 0.1) is 6.92 Å². The van der Waals surface area contributed by atoms with Crippen molar-refractivity contribution in [3.05, 3.63) is 65.9 Å². The van der Waals surface area contributed by atoms with Gasteiger partial charge in [-0.3, -0.25) is 4.98 Å². The average Bonchev–Trinajstić information content (AvgIpc) is 2.58. The zero-order chi connectivity index (χ0) is 15.4. The summed E-state index contributed by atoms with van der Waals surface area (Å²) in [5.74, 6) is 0. The van der Waals surface area contributed by atoms with Gasteiger partial charge in [0.15, 0.2) is 0 Å². The van der Waals surface area contributed by atoms with Crippen molar-refractivity contribution in [1.82, 2.24) is 4.98 Å². The molecule has 0 aliphatic rings. The molecule has 22 heavy (non-hydrogen) atoms. The van der Waals surface area contributed by atoms with Crippen molar-refractivity contribution in [2.75, 3.05) is 0 Å². The molecule has 0 N–H and O–H groups in total. The number of unbranched alkanes of at least 4 members (excludes halogenated alkanes) is 2. The quantitative estimate of drug-likeness (QED) is 0.529. The van der Waals surface area contributed by atoms with Gasteiger partial charge in [-0.2, -0.15) is 0 Å². The number of benzene rings is 2. The van der Waals surface area contributed by atoms with E-state index >= 15 is 0 Å². The highest BCUT2D eigenvalue weighted by atomic mass is 14.7. The van der Waals surface area contributed by atoms with Gasteiger partial charge < -0.3 is 0 Å². The molecule has 3 rings (SSSR count). The van der Waals surface area contributed by atoms with E-state index in [0.717, 1.165) is 12.1 Å². The lowest BCUT2D eigenvalue weighted by atomic mass is 9.97. The summed E-state index contributed by atoms with van der Waals surface area (Å²) in [5.41, 5.74) is 4.92. The highest BCUT2D eigenvalue weighted by Gasteiger charge is 2.11. The molecule has 0 fully saturated rings. The average molecular weight is 289 g/mol. The first-order valence-corrected chi connectivity index (χ1v) is 8.25. The van der Waals surface area contributed by atoms with Crippen molar-refractivity contribution in [2.24, 2.45) is 0 Å². The van der Waals surface area contributed by atoms with Crippen LogP contribution in [-0.4, -0.2) is 4.98 Å². The molecule has 0 aliphatic carbocycles. The summed E-state index contributed by atoms with van der Waals surface area (Å²) in [6, 6.07) is 19.2. The monoisotopic (exact) mass is 289 g/mol. The van der Waals surface area contributed by atoms with Gasteiger partial charge in [-0.25, -0.2) is 0 Å². The number of nitrogens with zero attached hydrogens (tertiary/aromatic N) is 1. The van der Waals surface area contributed by atoms with Crippen LogP contribution in [0.1, 0.15) is 37.4 Å². The molecular weight excluding hydrogens is 266 g/mol. The molecular formula is C21H23N. The van der Waals surface area contributed by atoms with Crippen LogP contribution in [0.4, 0.5) is 0 Å². The predicted octanol–water partition coefficient (Wildman–Crippen LogP) is 5.94. The first-order valence-electron chi connectivity index (χ1n) is 8.25. The van der Waals surface area contributed by atoms with Crippen LogP contribution in [0.5, 0.6) is 0 Å². The molecule has 3 aromatic rings. The van der Waals surface area contributed by atoms with Crippen LogP contribution in [-0.2, 0) is 6.42 Å². The Labute approximate surface area is 133 Å². The van der Waals surface area contributed by atoms with E-state index in [0.29, 0.717) is 0 Å². The third-order valence-electron chi connectivity index (χ3n) is 4.33. The largest absolute Gasteiger partial charge is 0.252 e. The van der Waals surface area contributed by atoms with Crippen molar-refractivity contribution in [3.8, 4) is 11.3 Å². The molecule has 1 nitrogen and oxygen atoms in total. The van der Waals surface area contributed by atoms with Crippen molar-refractivity contribution >= 4 is 10.8 Å². The summed E-state index contributed by atoms with van der Waals surface area (Å²) in [6.07, 6.45) is 4.81. The first kappa shape index (κ1) is 14.8. The van der Waals surface area contributed by atoms with E-state index in [-0.39, 0.29) is 0 Å². The normalized spacial score (nSPS) is 11.0. The SMILES string of the molecule is CCCCCc1nc(-c2ccccc2)c2ccccc2c1C. The lowest BCUT2D eigenvalue weighted by Crippen LogP contribution is -1.99. The second-order valence-electron chi connectivity index (χ2n) is 5.90. The summed E-state index contributed by atoms with van der Waals surface area (Å²) in [6.45, 7) is 4.46. The molecule has 1 heterocycles. The Hall–Kier alpha value is -2.15. The first-order chi connectivity index (χ1) is 10.8. The summed E-state index contributed by atoms with van der Waals surface area (Å²) >= 11 is 0. The van der Waals surface area contributed by atoms with E-state index in [4.69, 9.17) is 4.98 Å². The summed E-state index contributed by atoms with van der Waals surface area (Å²) < 4.78 is 0. The van der Waals surface area contributed by atoms with Gasteiger partial charge in [-0.15, -0.1) is 0 Å². The minimum absolute atomic E-state index is 1.07. The molecule has 0 spiro atoms. The van der Waals surface area contributed by atoms with Crippen molar-refractivity contribution in [2.45, 2.75) is 39.5 Å². The van der Waals surface area contributed by atoms with Crippen LogP contribution in [0.3, 0.4) is 0 Å².